The van der Waals surface area contributed by atoms with Gasteiger partial charge in [-0.15, -0.1) is 0 Å². The van der Waals surface area contributed by atoms with Gasteiger partial charge in [-0.2, -0.15) is 0 Å². The van der Waals surface area contributed by atoms with Crippen LogP contribution in [0.25, 0.3) is 0 Å². The van der Waals surface area contributed by atoms with Crippen LogP contribution in [0, 0.1) is 6.92 Å². The number of aromatic nitrogens is 2. The first-order chi connectivity index (χ1) is 6.11. The van der Waals surface area contributed by atoms with Gasteiger partial charge in [-0.05, 0) is 13.8 Å². The Morgan fingerprint density at radius 2 is 2.00 bits per heavy atom. The Hall–Kier alpha value is -0.805. The van der Waals surface area contributed by atoms with Crippen molar-refractivity contribution in [2.45, 2.75) is 33.7 Å². The van der Waals surface area contributed by atoms with Crippen LogP contribution in [0.15, 0.2) is 0 Å². The van der Waals surface area contributed by atoms with Crippen LogP contribution in [0.4, 0.5) is 0 Å². The van der Waals surface area contributed by atoms with Crippen LogP contribution in [-0.4, -0.2) is 26.7 Å². The van der Waals surface area contributed by atoms with E-state index in [1.54, 1.807) is 6.92 Å². The molecule has 0 bridgehead atoms. The number of imidazole rings is 1. The summed E-state index contributed by atoms with van der Waals surface area (Å²) in [5, 5.41) is 18.2. The Morgan fingerprint density at radius 1 is 1.38 bits per heavy atom. The molecule has 0 fully saturated rings. The Kier molecular flexibility index (Phi) is 3.11. The lowest BCUT2D eigenvalue weighted by Gasteiger charge is -2.07. The molecule has 0 aliphatic rings. The molecule has 0 amide bonds. The van der Waals surface area contributed by atoms with E-state index in [2.05, 4.69) is 4.98 Å². The molecule has 0 aliphatic heterocycles. The molecular weight excluding hydrogens is 167 g/mol. The lowest BCUT2D eigenvalue weighted by molar-refractivity contribution is 0.421. The van der Waals surface area contributed by atoms with Crippen molar-refractivity contribution in [1.29, 1.82) is 0 Å². The Labute approximate surface area is 78.4 Å². The predicted molar refractivity (Wildman–Crippen MR) is 51.8 cm³/mol. The maximum atomic E-state index is 9.12. The average Bonchev–Trinajstić information content (AvgIpc) is 2.41. The Morgan fingerprint density at radius 3 is 2.38 bits per heavy atom. The molecule has 0 unspecified atom stereocenters. The van der Waals surface area contributed by atoms with Gasteiger partial charge in [-0.1, -0.05) is 6.92 Å². The smallest absolute Gasteiger partial charge is 0.422 e. The minimum atomic E-state index is -1.42. The summed E-state index contributed by atoms with van der Waals surface area (Å²) in [5.74, 6) is 0.906. The maximum Gasteiger partial charge on any atom is 0.507 e. The van der Waals surface area contributed by atoms with Gasteiger partial charge in [-0.25, -0.2) is 4.98 Å². The molecule has 1 heterocycles. The summed E-state index contributed by atoms with van der Waals surface area (Å²) in [6, 6.07) is 0. The number of nitrogens with zero attached hydrogens (tertiary/aromatic N) is 2. The fraction of sp³-hybridized carbons (Fsp3) is 0.625. The summed E-state index contributed by atoms with van der Waals surface area (Å²) < 4.78 is 1.85. The first kappa shape index (κ1) is 10.3. The van der Waals surface area contributed by atoms with Crippen molar-refractivity contribution >= 4 is 12.7 Å². The van der Waals surface area contributed by atoms with Gasteiger partial charge in [0.05, 0.1) is 11.3 Å². The highest BCUT2D eigenvalue weighted by Gasteiger charge is 2.22. The van der Waals surface area contributed by atoms with E-state index < -0.39 is 7.12 Å². The molecule has 0 saturated carbocycles. The van der Waals surface area contributed by atoms with Crippen molar-refractivity contribution in [2.75, 3.05) is 0 Å². The molecule has 1 aromatic rings. The van der Waals surface area contributed by atoms with Gasteiger partial charge < -0.3 is 14.6 Å². The standard InChI is InChI=1S/C8H15BN2O2/c1-4-7-10-6(3)8(9(12)13)11(7)5-2/h12-13H,4-5H2,1-3H3. The van der Waals surface area contributed by atoms with E-state index in [-0.39, 0.29) is 0 Å². The van der Waals surface area contributed by atoms with E-state index in [0.29, 0.717) is 11.3 Å². The summed E-state index contributed by atoms with van der Waals surface area (Å²) in [5.41, 5.74) is 1.22. The van der Waals surface area contributed by atoms with E-state index >= 15 is 0 Å². The topological polar surface area (TPSA) is 58.3 Å². The first-order valence-electron chi connectivity index (χ1n) is 4.53. The minimum Gasteiger partial charge on any atom is -0.422 e. The zero-order valence-electron chi connectivity index (χ0n) is 8.28. The van der Waals surface area contributed by atoms with Gasteiger partial charge >= 0.3 is 7.12 Å². The fourth-order valence-corrected chi connectivity index (χ4v) is 1.59. The van der Waals surface area contributed by atoms with Gasteiger partial charge in [0, 0.05) is 13.0 Å². The van der Waals surface area contributed by atoms with E-state index in [4.69, 9.17) is 10.0 Å². The van der Waals surface area contributed by atoms with Crippen LogP contribution >= 0.6 is 0 Å². The third kappa shape index (κ3) is 1.76. The van der Waals surface area contributed by atoms with Crippen LogP contribution in [0.2, 0.25) is 0 Å². The zero-order chi connectivity index (χ0) is 10.0. The Bertz CT molecular complexity index is 297. The molecule has 1 rings (SSSR count). The van der Waals surface area contributed by atoms with Crippen molar-refractivity contribution in [1.82, 2.24) is 9.55 Å². The number of hydrogen-bond acceptors (Lipinski definition) is 3. The molecular formula is C8H15BN2O2. The summed E-state index contributed by atoms with van der Waals surface area (Å²) >= 11 is 0. The summed E-state index contributed by atoms with van der Waals surface area (Å²) in [6.07, 6.45) is 0.807. The molecule has 0 saturated heterocycles. The molecule has 0 spiro atoms. The summed E-state index contributed by atoms with van der Waals surface area (Å²) in [6.45, 7) is 6.48. The second-order valence-electron chi connectivity index (χ2n) is 2.97. The maximum absolute atomic E-state index is 9.12. The number of rotatable bonds is 3. The van der Waals surface area contributed by atoms with E-state index in [1.807, 2.05) is 18.4 Å². The van der Waals surface area contributed by atoms with Crippen LogP contribution in [0.1, 0.15) is 25.4 Å². The predicted octanol–water partition coefficient (Wildman–Crippen LogP) is -0.546. The molecule has 13 heavy (non-hydrogen) atoms. The first-order valence-corrected chi connectivity index (χ1v) is 4.53. The lowest BCUT2D eigenvalue weighted by Crippen LogP contribution is -2.38. The largest absolute Gasteiger partial charge is 0.507 e. The van der Waals surface area contributed by atoms with E-state index in [1.165, 1.54) is 0 Å². The van der Waals surface area contributed by atoms with Crippen molar-refractivity contribution < 1.29 is 10.0 Å². The second kappa shape index (κ2) is 3.94. The van der Waals surface area contributed by atoms with Gasteiger partial charge in [0.15, 0.2) is 0 Å². The van der Waals surface area contributed by atoms with Gasteiger partial charge in [-0.3, -0.25) is 0 Å². The highest BCUT2D eigenvalue weighted by molar-refractivity contribution is 6.58. The van der Waals surface area contributed by atoms with Crippen LogP contribution in [-0.2, 0) is 13.0 Å². The second-order valence-corrected chi connectivity index (χ2v) is 2.97. The third-order valence-electron chi connectivity index (χ3n) is 2.15. The van der Waals surface area contributed by atoms with Gasteiger partial charge in [0.25, 0.3) is 0 Å². The summed E-state index contributed by atoms with van der Waals surface area (Å²) in [4.78, 5) is 4.26. The SMILES string of the molecule is CCc1nc(C)c(B(O)O)n1CC. The quantitative estimate of drug-likeness (QED) is 0.617. The van der Waals surface area contributed by atoms with Crippen LogP contribution in [0.3, 0.4) is 0 Å². The van der Waals surface area contributed by atoms with Gasteiger partial charge in [0.2, 0.25) is 0 Å². The average molecular weight is 182 g/mol. The Balaban J connectivity index is 3.22. The molecule has 0 aromatic carbocycles. The van der Waals surface area contributed by atoms with E-state index in [9.17, 15) is 0 Å². The summed E-state index contributed by atoms with van der Waals surface area (Å²) in [7, 11) is -1.42. The number of hydrogen-bond donors (Lipinski definition) is 2. The van der Waals surface area contributed by atoms with Gasteiger partial charge in [0.1, 0.15) is 5.82 Å². The molecule has 1 aromatic heterocycles. The molecule has 4 nitrogen and oxygen atoms in total. The molecule has 2 N–H and O–H groups in total. The van der Waals surface area contributed by atoms with Crippen LogP contribution in [0.5, 0.6) is 0 Å². The van der Waals surface area contributed by atoms with Crippen molar-refractivity contribution in [3.05, 3.63) is 11.5 Å². The van der Waals surface area contributed by atoms with Crippen molar-refractivity contribution in [3.63, 3.8) is 0 Å². The van der Waals surface area contributed by atoms with Crippen molar-refractivity contribution in [3.8, 4) is 0 Å². The highest BCUT2D eigenvalue weighted by atomic mass is 16.4. The van der Waals surface area contributed by atoms with Crippen LogP contribution < -0.4 is 5.59 Å². The molecule has 0 radical (unpaired) electrons. The molecule has 72 valence electrons. The van der Waals surface area contributed by atoms with E-state index in [0.717, 1.165) is 18.8 Å². The minimum absolute atomic E-state index is 0.513. The third-order valence-corrected chi connectivity index (χ3v) is 2.15. The molecule has 0 aliphatic carbocycles. The zero-order valence-corrected chi connectivity index (χ0v) is 8.28. The fourth-order valence-electron chi connectivity index (χ4n) is 1.59. The van der Waals surface area contributed by atoms with Crippen molar-refractivity contribution in [2.24, 2.45) is 0 Å². The normalized spacial score (nSPS) is 10.5. The lowest BCUT2D eigenvalue weighted by atomic mass is 9.84. The number of aryl methyl sites for hydroxylation is 2. The highest BCUT2D eigenvalue weighted by Crippen LogP contribution is 2.01. The monoisotopic (exact) mass is 182 g/mol. The molecule has 5 heteroatoms. The molecule has 0 atom stereocenters.